The summed E-state index contributed by atoms with van der Waals surface area (Å²) in [4.78, 5) is 23.4. The third kappa shape index (κ3) is 5.20. The molecule has 0 N–H and O–H groups in total. The number of nitrogens with zero attached hydrogens (tertiary/aromatic N) is 2. The predicted molar refractivity (Wildman–Crippen MR) is 162 cm³/mol. The van der Waals surface area contributed by atoms with Gasteiger partial charge in [-0.25, -0.2) is 0 Å². The molecule has 0 aromatic carbocycles. The molecule has 6 atom stereocenters. The third-order valence-electron chi connectivity index (χ3n) is 9.28. The molecule has 5 unspecified atom stereocenters. The van der Waals surface area contributed by atoms with E-state index in [2.05, 4.69) is 77.4 Å². The van der Waals surface area contributed by atoms with Crippen LogP contribution in [0.25, 0.3) is 0 Å². The van der Waals surface area contributed by atoms with E-state index in [4.69, 9.17) is 23.7 Å². The van der Waals surface area contributed by atoms with Crippen LogP contribution in [0.2, 0.25) is 39.3 Å². The number of oxime groups is 2. The number of ketones is 1. The van der Waals surface area contributed by atoms with Gasteiger partial charge < -0.3 is 18.5 Å². The van der Waals surface area contributed by atoms with E-state index >= 15 is 0 Å². The van der Waals surface area contributed by atoms with Crippen molar-refractivity contribution in [2.24, 2.45) is 38.9 Å². The topological polar surface area (TPSA) is 78.7 Å². The first-order valence-electron chi connectivity index (χ1n) is 14.2. The molecule has 0 saturated heterocycles. The van der Waals surface area contributed by atoms with Crippen molar-refractivity contribution in [2.45, 2.75) is 84.9 Å². The predicted octanol–water partition coefficient (Wildman–Crippen LogP) is 6.52. The summed E-state index contributed by atoms with van der Waals surface area (Å²) in [6.45, 7) is 20.5. The van der Waals surface area contributed by atoms with Gasteiger partial charge in [0.05, 0.1) is 12.3 Å². The molecule has 39 heavy (non-hydrogen) atoms. The van der Waals surface area contributed by atoms with Crippen LogP contribution in [0.15, 0.2) is 45.8 Å². The van der Waals surface area contributed by atoms with Gasteiger partial charge >= 0.3 is 0 Å². The summed E-state index contributed by atoms with van der Waals surface area (Å²) >= 11 is 0. The van der Waals surface area contributed by atoms with Crippen LogP contribution >= 0.6 is 0 Å². The van der Waals surface area contributed by atoms with E-state index in [0.717, 1.165) is 29.8 Å². The summed E-state index contributed by atoms with van der Waals surface area (Å²) in [5.74, 6) is 0.679. The fourth-order valence-corrected chi connectivity index (χ4v) is 10.0. The average molecular weight is 573 g/mol. The molecule has 0 heterocycles. The fraction of sp³-hybridized carbons (Fsp3) is 0.700. The monoisotopic (exact) mass is 572 g/mol. The van der Waals surface area contributed by atoms with Gasteiger partial charge in [-0.3, -0.25) is 4.79 Å². The van der Waals surface area contributed by atoms with E-state index < -0.39 is 22.2 Å². The van der Waals surface area contributed by atoms with E-state index in [9.17, 15) is 4.79 Å². The minimum Gasteiger partial charge on any atom is -0.412 e. The second-order valence-corrected chi connectivity index (χ2v) is 23.1. The highest BCUT2D eigenvalue weighted by Gasteiger charge is 2.68. The summed E-state index contributed by atoms with van der Waals surface area (Å²) in [7, 11) is -0.656. The molecule has 4 aliphatic carbocycles. The lowest BCUT2D eigenvalue weighted by atomic mass is 9.47. The zero-order valence-corrected chi connectivity index (χ0v) is 27.8. The van der Waals surface area contributed by atoms with Gasteiger partial charge in [0, 0.05) is 16.7 Å². The van der Waals surface area contributed by atoms with Crippen molar-refractivity contribution in [3.63, 3.8) is 0 Å². The third-order valence-corrected chi connectivity index (χ3v) is 11.2. The molecule has 0 aliphatic heterocycles. The normalized spacial score (nSPS) is 37.6. The van der Waals surface area contributed by atoms with Gasteiger partial charge in [-0.1, -0.05) is 41.9 Å². The average Bonchev–Trinajstić information content (AvgIpc) is 3.08. The molecule has 2 fully saturated rings. The highest BCUT2D eigenvalue weighted by molar-refractivity contribution is 6.70. The molecule has 7 nitrogen and oxygen atoms in total. The minimum atomic E-state index is -2.06. The molecule has 0 spiro atoms. The van der Waals surface area contributed by atoms with Crippen molar-refractivity contribution in [3.05, 3.63) is 35.5 Å². The molecule has 0 bridgehead atoms. The van der Waals surface area contributed by atoms with Gasteiger partial charge in [-0.2, -0.15) is 0 Å². The molecule has 9 heteroatoms. The second kappa shape index (κ2) is 10.2. The maximum atomic E-state index is 12.4. The van der Waals surface area contributed by atoms with Crippen LogP contribution in [0.3, 0.4) is 0 Å². The van der Waals surface area contributed by atoms with E-state index in [1.807, 2.05) is 6.08 Å². The van der Waals surface area contributed by atoms with E-state index in [-0.39, 0.29) is 28.4 Å². The number of hydrogen-bond donors (Lipinski definition) is 0. The Kier molecular flexibility index (Phi) is 7.91. The summed E-state index contributed by atoms with van der Waals surface area (Å²) in [6.07, 6.45) is 10.6. The Morgan fingerprint density at radius 3 is 2.36 bits per heavy atom. The lowest BCUT2D eigenvalue weighted by molar-refractivity contribution is -0.110. The second-order valence-electron chi connectivity index (χ2n) is 14.1. The molecule has 0 amide bonds. The van der Waals surface area contributed by atoms with Crippen molar-refractivity contribution in [1.82, 2.24) is 0 Å². The fourth-order valence-electron chi connectivity index (χ4n) is 7.97. The van der Waals surface area contributed by atoms with Gasteiger partial charge in [-0.05, 0) is 95.0 Å². The first-order valence-corrected chi connectivity index (χ1v) is 21.0. The van der Waals surface area contributed by atoms with Gasteiger partial charge in [0.25, 0.3) is 0 Å². The molecular weight excluding hydrogens is 525 g/mol. The number of hydrogen-bond acceptors (Lipinski definition) is 7. The van der Waals surface area contributed by atoms with Gasteiger partial charge in [-0.15, -0.1) is 0 Å². The van der Waals surface area contributed by atoms with Crippen LogP contribution in [-0.2, 0) is 23.3 Å². The number of carbonyl (C=O) groups is 1. The Balaban J connectivity index is 1.91. The number of allylic oxidation sites excluding steroid dienone is 6. The highest BCUT2D eigenvalue weighted by atomic mass is 28.4. The summed E-state index contributed by atoms with van der Waals surface area (Å²) in [5.41, 5.74) is 2.85. The lowest BCUT2D eigenvalue weighted by Gasteiger charge is -2.58. The number of fused-ring (bicyclic) bond motifs is 5. The molecule has 216 valence electrons. The quantitative estimate of drug-likeness (QED) is 0.188. The number of carbonyl (C=O) groups excluding carboxylic acids is 1. The highest BCUT2D eigenvalue weighted by Crippen LogP contribution is 2.67. The molecule has 0 radical (unpaired) electrons. The molecule has 2 saturated carbocycles. The van der Waals surface area contributed by atoms with Crippen LogP contribution in [0, 0.1) is 28.6 Å². The first kappa shape index (κ1) is 30.1. The van der Waals surface area contributed by atoms with Crippen LogP contribution in [-0.4, -0.2) is 60.3 Å². The van der Waals surface area contributed by atoms with Crippen molar-refractivity contribution in [3.8, 4) is 0 Å². The van der Waals surface area contributed by atoms with Gasteiger partial charge in [0.2, 0.25) is 0 Å². The Morgan fingerprint density at radius 2 is 1.77 bits per heavy atom. The largest absolute Gasteiger partial charge is 0.412 e. The Labute approximate surface area is 237 Å². The number of rotatable bonds is 8. The standard InChI is InChI=1S/C30H48N2O5Si2/c1-20-16-22-23-13-15-30(37-39(9,10)11,26(32-35-5)19-36-38(6,7)8)29(23,3)18-25(31-34-4)27(22)28(2)14-12-21(33)17-24(20)28/h12,14,16-17,22-23,27H,13,15,18-19H2,1-11H3/b31-25+,32-26+/t22?,23?,27?,28?,29?,30-/m0/s1. The zero-order valence-electron chi connectivity index (χ0n) is 25.8. The van der Waals surface area contributed by atoms with Crippen LogP contribution in [0.5, 0.6) is 0 Å². The molecule has 0 aromatic rings. The Hall–Kier alpha value is -1.82. The Bertz CT molecular complexity index is 1160. The SMILES string of the molecule is CO/N=C1\CC2(C)C(CC[C@]2(O[Si](C)(C)C)/C(CO[Si](C)(C)C)=N/OC)C2C=C(C)C3=CC(=O)C=CC3(C)C12. The molecular formula is C30H48N2O5Si2. The molecule has 4 aliphatic rings. The van der Waals surface area contributed by atoms with E-state index in [1.165, 1.54) is 5.57 Å². The van der Waals surface area contributed by atoms with Crippen LogP contribution in [0.4, 0.5) is 0 Å². The van der Waals surface area contributed by atoms with E-state index in [1.54, 1.807) is 20.3 Å². The van der Waals surface area contributed by atoms with Crippen LogP contribution < -0.4 is 0 Å². The maximum Gasteiger partial charge on any atom is 0.185 e. The zero-order chi connectivity index (χ0) is 29.0. The van der Waals surface area contributed by atoms with Crippen LogP contribution in [0.1, 0.15) is 40.0 Å². The smallest absolute Gasteiger partial charge is 0.185 e. The van der Waals surface area contributed by atoms with Crippen molar-refractivity contribution in [1.29, 1.82) is 0 Å². The minimum absolute atomic E-state index is 0.0470. The van der Waals surface area contributed by atoms with Gasteiger partial charge in [0.1, 0.15) is 25.5 Å². The molecule has 0 aromatic heterocycles. The van der Waals surface area contributed by atoms with Crippen molar-refractivity contribution in [2.75, 3.05) is 20.8 Å². The summed E-state index contributed by atoms with van der Waals surface area (Å²) < 4.78 is 13.8. The summed E-state index contributed by atoms with van der Waals surface area (Å²) in [5, 5.41) is 9.35. The Morgan fingerprint density at radius 1 is 1.08 bits per heavy atom. The van der Waals surface area contributed by atoms with E-state index in [0.29, 0.717) is 18.9 Å². The maximum absolute atomic E-state index is 12.4. The summed E-state index contributed by atoms with van der Waals surface area (Å²) in [6, 6.07) is 0. The molecule has 4 rings (SSSR count). The van der Waals surface area contributed by atoms with Crippen molar-refractivity contribution >= 4 is 33.8 Å². The lowest BCUT2D eigenvalue weighted by Crippen LogP contribution is -2.63. The first-order chi connectivity index (χ1) is 18.0. The van der Waals surface area contributed by atoms with Crippen molar-refractivity contribution < 1.29 is 23.3 Å². The van der Waals surface area contributed by atoms with Gasteiger partial charge in [0.15, 0.2) is 22.4 Å².